The van der Waals surface area contributed by atoms with Crippen LogP contribution in [0.3, 0.4) is 0 Å². The summed E-state index contributed by atoms with van der Waals surface area (Å²) in [6, 6.07) is 0. The lowest BCUT2D eigenvalue weighted by Crippen LogP contribution is -1.60. The fourth-order valence-electron chi connectivity index (χ4n) is 0.252. The second-order valence-corrected chi connectivity index (χ2v) is 1.54. The van der Waals surface area contributed by atoms with Crippen LogP contribution in [-0.2, 0) is 4.79 Å². The molecule has 0 aliphatic heterocycles. The first-order valence-electron chi connectivity index (χ1n) is 2.54. The van der Waals surface area contributed by atoms with Crippen LogP contribution in [0.1, 0.15) is 6.92 Å². The normalized spacial score (nSPS) is 8.11. The SMILES string of the molecule is C=C(C)C#CC=CC=O. The third-order valence-electron chi connectivity index (χ3n) is 0.544. The molecule has 0 aliphatic rings. The summed E-state index contributed by atoms with van der Waals surface area (Å²) in [6.45, 7) is 5.36. The molecule has 0 radical (unpaired) electrons. The van der Waals surface area contributed by atoms with E-state index in [4.69, 9.17) is 0 Å². The Labute approximate surface area is 55.1 Å². The molecule has 0 bridgehead atoms. The van der Waals surface area contributed by atoms with Crippen LogP contribution in [0.2, 0.25) is 0 Å². The maximum atomic E-state index is 9.67. The van der Waals surface area contributed by atoms with Crippen LogP contribution in [0, 0.1) is 11.8 Å². The summed E-state index contributed by atoms with van der Waals surface area (Å²) in [5, 5.41) is 0. The molecule has 0 aromatic carbocycles. The van der Waals surface area contributed by atoms with Crippen LogP contribution in [0.5, 0.6) is 0 Å². The maximum absolute atomic E-state index is 9.67. The Morgan fingerprint density at radius 2 is 2.33 bits per heavy atom. The first kappa shape index (κ1) is 7.71. The molecular formula is C8H8O. The summed E-state index contributed by atoms with van der Waals surface area (Å²) in [4.78, 5) is 9.67. The molecule has 1 heteroatoms. The van der Waals surface area contributed by atoms with Gasteiger partial charge in [0.25, 0.3) is 0 Å². The third kappa shape index (κ3) is 6.71. The molecule has 0 fully saturated rings. The number of carbonyl (C=O) groups is 1. The molecule has 0 spiro atoms. The molecule has 0 saturated carbocycles. The zero-order valence-electron chi connectivity index (χ0n) is 5.35. The monoisotopic (exact) mass is 120 g/mol. The van der Waals surface area contributed by atoms with Crippen molar-refractivity contribution in [2.24, 2.45) is 0 Å². The summed E-state index contributed by atoms with van der Waals surface area (Å²) in [5.74, 6) is 5.31. The smallest absolute Gasteiger partial charge is 0.143 e. The number of hydrogen-bond acceptors (Lipinski definition) is 1. The Bertz CT molecular complexity index is 188. The van der Waals surface area contributed by atoms with Crippen LogP contribution >= 0.6 is 0 Å². The molecule has 0 aromatic rings. The van der Waals surface area contributed by atoms with Gasteiger partial charge in [-0.15, -0.1) is 0 Å². The standard InChI is InChI=1S/C8H8O/c1-8(2)6-4-3-5-7-9/h3,5,7H,1H2,2H3. The lowest BCUT2D eigenvalue weighted by atomic mass is 10.3. The number of carbonyl (C=O) groups excluding carboxylic acids is 1. The fourth-order valence-corrected chi connectivity index (χ4v) is 0.252. The van der Waals surface area contributed by atoms with Crippen molar-refractivity contribution in [1.82, 2.24) is 0 Å². The summed E-state index contributed by atoms with van der Waals surface area (Å²) in [7, 11) is 0. The number of hydrogen-bond donors (Lipinski definition) is 0. The zero-order chi connectivity index (χ0) is 7.11. The minimum absolute atomic E-state index is 0.688. The molecule has 0 aliphatic carbocycles. The molecule has 0 unspecified atom stereocenters. The van der Waals surface area contributed by atoms with Gasteiger partial charge in [-0.2, -0.15) is 0 Å². The van der Waals surface area contributed by atoms with E-state index in [1.807, 2.05) is 6.92 Å². The van der Waals surface area contributed by atoms with E-state index < -0.39 is 0 Å². The molecule has 46 valence electrons. The highest BCUT2D eigenvalue weighted by Gasteiger charge is 1.65. The van der Waals surface area contributed by atoms with E-state index in [9.17, 15) is 4.79 Å². The van der Waals surface area contributed by atoms with E-state index in [1.54, 1.807) is 0 Å². The molecule has 0 N–H and O–H groups in total. The van der Waals surface area contributed by atoms with Crippen molar-refractivity contribution in [3.05, 3.63) is 24.3 Å². The minimum atomic E-state index is 0.688. The average Bonchev–Trinajstić information content (AvgIpc) is 1.80. The van der Waals surface area contributed by atoms with E-state index in [2.05, 4.69) is 18.4 Å². The zero-order valence-corrected chi connectivity index (χ0v) is 5.35. The molecule has 1 nitrogen and oxygen atoms in total. The van der Waals surface area contributed by atoms with Gasteiger partial charge in [-0.25, -0.2) is 0 Å². The van der Waals surface area contributed by atoms with Crippen LogP contribution in [0.15, 0.2) is 24.3 Å². The summed E-state index contributed by atoms with van der Waals surface area (Å²) >= 11 is 0. The van der Waals surface area contributed by atoms with E-state index in [0.717, 1.165) is 5.57 Å². The maximum Gasteiger partial charge on any atom is 0.143 e. The van der Waals surface area contributed by atoms with Crippen molar-refractivity contribution in [1.29, 1.82) is 0 Å². The number of aldehydes is 1. The van der Waals surface area contributed by atoms with Gasteiger partial charge in [0, 0.05) is 0 Å². The molecule has 0 heterocycles. The molecule has 9 heavy (non-hydrogen) atoms. The van der Waals surface area contributed by atoms with Gasteiger partial charge in [0.2, 0.25) is 0 Å². The molecular weight excluding hydrogens is 112 g/mol. The topological polar surface area (TPSA) is 17.1 Å². The van der Waals surface area contributed by atoms with Gasteiger partial charge in [-0.05, 0) is 24.6 Å². The minimum Gasteiger partial charge on any atom is -0.299 e. The summed E-state index contributed by atoms with van der Waals surface area (Å²) in [5.41, 5.74) is 0.797. The Kier molecular flexibility index (Phi) is 4.16. The first-order valence-corrected chi connectivity index (χ1v) is 2.54. The summed E-state index contributed by atoms with van der Waals surface area (Å²) < 4.78 is 0. The molecule has 0 atom stereocenters. The van der Waals surface area contributed by atoms with Gasteiger partial charge in [0.05, 0.1) is 0 Å². The van der Waals surface area contributed by atoms with Gasteiger partial charge in [0.1, 0.15) is 6.29 Å². The number of rotatable bonds is 1. The van der Waals surface area contributed by atoms with Gasteiger partial charge in [0.15, 0.2) is 0 Å². The van der Waals surface area contributed by atoms with Crippen molar-refractivity contribution < 1.29 is 4.79 Å². The Morgan fingerprint density at radius 1 is 1.67 bits per heavy atom. The van der Waals surface area contributed by atoms with Crippen LogP contribution < -0.4 is 0 Å². The van der Waals surface area contributed by atoms with Crippen molar-refractivity contribution in [3.8, 4) is 11.8 Å². The molecule has 0 amide bonds. The Balaban J connectivity index is 3.75. The van der Waals surface area contributed by atoms with Crippen LogP contribution in [0.25, 0.3) is 0 Å². The Morgan fingerprint density at radius 3 is 2.78 bits per heavy atom. The van der Waals surface area contributed by atoms with E-state index in [1.165, 1.54) is 12.2 Å². The quantitative estimate of drug-likeness (QED) is 0.290. The van der Waals surface area contributed by atoms with Gasteiger partial charge >= 0.3 is 0 Å². The highest BCUT2D eigenvalue weighted by molar-refractivity contribution is 5.65. The molecule has 0 rings (SSSR count). The predicted molar refractivity (Wildman–Crippen MR) is 37.8 cm³/mol. The van der Waals surface area contributed by atoms with Crippen LogP contribution in [0.4, 0.5) is 0 Å². The van der Waals surface area contributed by atoms with Crippen molar-refractivity contribution in [2.45, 2.75) is 6.92 Å². The van der Waals surface area contributed by atoms with Crippen molar-refractivity contribution >= 4 is 6.29 Å². The van der Waals surface area contributed by atoms with E-state index in [-0.39, 0.29) is 0 Å². The number of allylic oxidation sites excluding steroid dienone is 3. The van der Waals surface area contributed by atoms with Crippen molar-refractivity contribution in [3.63, 3.8) is 0 Å². The molecule has 0 aromatic heterocycles. The Hall–Kier alpha value is -1.29. The summed E-state index contributed by atoms with van der Waals surface area (Å²) in [6.07, 6.45) is 3.52. The predicted octanol–water partition coefficient (Wildman–Crippen LogP) is 1.32. The second-order valence-electron chi connectivity index (χ2n) is 1.54. The largest absolute Gasteiger partial charge is 0.299 e. The van der Waals surface area contributed by atoms with E-state index in [0.29, 0.717) is 6.29 Å². The van der Waals surface area contributed by atoms with Crippen molar-refractivity contribution in [2.75, 3.05) is 0 Å². The van der Waals surface area contributed by atoms with E-state index >= 15 is 0 Å². The lowest BCUT2D eigenvalue weighted by Gasteiger charge is -1.71. The first-order chi connectivity index (χ1) is 4.27. The average molecular weight is 120 g/mol. The highest BCUT2D eigenvalue weighted by Crippen LogP contribution is 1.78. The van der Waals surface area contributed by atoms with Gasteiger partial charge in [-0.3, -0.25) is 4.79 Å². The molecule has 0 saturated heterocycles. The van der Waals surface area contributed by atoms with Gasteiger partial charge < -0.3 is 0 Å². The fraction of sp³-hybridized carbons (Fsp3) is 0.125. The van der Waals surface area contributed by atoms with Crippen LogP contribution in [-0.4, -0.2) is 6.29 Å². The lowest BCUT2D eigenvalue weighted by molar-refractivity contribution is -0.104. The third-order valence-corrected chi connectivity index (χ3v) is 0.544. The second kappa shape index (κ2) is 4.86. The van der Waals surface area contributed by atoms with Gasteiger partial charge in [-0.1, -0.05) is 18.4 Å². The highest BCUT2D eigenvalue weighted by atomic mass is 16.1.